The number of hydrogen-bond donors (Lipinski definition) is 2. The fourth-order valence-corrected chi connectivity index (χ4v) is 5.30. The van der Waals surface area contributed by atoms with Crippen molar-refractivity contribution in [1.82, 2.24) is 5.43 Å². The third-order valence-corrected chi connectivity index (χ3v) is 7.21. The van der Waals surface area contributed by atoms with Gasteiger partial charge in [-0.25, -0.2) is 5.01 Å². The highest BCUT2D eigenvalue weighted by Crippen LogP contribution is 2.33. The van der Waals surface area contributed by atoms with Gasteiger partial charge in [0.15, 0.2) is 0 Å². The third kappa shape index (κ3) is 4.07. The molecule has 2 aromatic carbocycles. The highest BCUT2D eigenvalue weighted by Gasteiger charge is 2.42. The van der Waals surface area contributed by atoms with E-state index in [1.165, 1.54) is 15.4 Å². The van der Waals surface area contributed by atoms with E-state index in [2.05, 4.69) is 23.7 Å². The van der Waals surface area contributed by atoms with Crippen LogP contribution in [0.5, 0.6) is 0 Å². The van der Waals surface area contributed by atoms with Crippen LogP contribution in [0.3, 0.4) is 0 Å². The van der Waals surface area contributed by atoms with Crippen LogP contribution >= 0.6 is 11.3 Å². The van der Waals surface area contributed by atoms with Crippen molar-refractivity contribution in [2.75, 3.05) is 10.3 Å². The smallest absolute Gasteiger partial charge is 0.255 e. The Morgan fingerprint density at radius 3 is 2.61 bits per heavy atom. The molecule has 2 unspecified atom stereocenters. The second-order valence-electron chi connectivity index (χ2n) is 8.32. The number of nitrogens with zero attached hydrogens (tertiary/aromatic N) is 1. The molecule has 3 aromatic rings. The van der Waals surface area contributed by atoms with Gasteiger partial charge < -0.3 is 5.32 Å². The van der Waals surface area contributed by atoms with Crippen molar-refractivity contribution in [3.63, 3.8) is 0 Å². The number of benzene rings is 2. The Hall–Kier alpha value is -3.71. The summed E-state index contributed by atoms with van der Waals surface area (Å²) in [4.78, 5) is 39.7. The number of allylic oxidation sites excluding steroid dienone is 2. The SMILES string of the molecule is Cc1ccsc1-c1cccc(NC(=O)c2cccc(N3NC(=O)C4CC=CCC4C3=O)c2)c1. The Balaban J connectivity index is 1.36. The predicted octanol–water partition coefficient (Wildman–Crippen LogP) is 4.94. The molecule has 0 bridgehead atoms. The average molecular weight is 458 g/mol. The van der Waals surface area contributed by atoms with Crippen molar-refractivity contribution in [3.8, 4) is 10.4 Å². The van der Waals surface area contributed by atoms with Crippen LogP contribution in [0.4, 0.5) is 11.4 Å². The van der Waals surface area contributed by atoms with Gasteiger partial charge in [0, 0.05) is 16.1 Å². The first kappa shape index (κ1) is 21.2. The second kappa shape index (κ2) is 8.67. The monoisotopic (exact) mass is 457 g/mol. The minimum Gasteiger partial charge on any atom is -0.322 e. The summed E-state index contributed by atoms with van der Waals surface area (Å²) in [5.74, 6) is -1.31. The third-order valence-electron chi connectivity index (χ3n) is 6.14. The normalized spacial score (nSPS) is 19.7. The van der Waals surface area contributed by atoms with Gasteiger partial charge in [-0.3, -0.25) is 19.8 Å². The molecule has 1 saturated heterocycles. The zero-order valence-corrected chi connectivity index (χ0v) is 18.9. The molecule has 0 radical (unpaired) electrons. The lowest BCUT2D eigenvalue weighted by molar-refractivity contribution is -0.139. The summed E-state index contributed by atoms with van der Waals surface area (Å²) in [6.45, 7) is 2.06. The molecule has 0 spiro atoms. The quantitative estimate of drug-likeness (QED) is 0.545. The van der Waals surface area contributed by atoms with E-state index in [1.807, 2.05) is 41.8 Å². The minimum atomic E-state index is -0.371. The number of hydrogen-bond acceptors (Lipinski definition) is 4. The summed E-state index contributed by atoms with van der Waals surface area (Å²) in [5, 5.41) is 6.27. The van der Waals surface area contributed by atoms with E-state index in [0.29, 0.717) is 29.8 Å². The molecule has 7 heteroatoms. The molecule has 6 nitrogen and oxygen atoms in total. The first-order chi connectivity index (χ1) is 16.0. The molecule has 3 amide bonds. The summed E-state index contributed by atoms with van der Waals surface area (Å²) >= 11 is 1.66. The number of anilines is 2. The summed E-state index contributed by atoms with van der Waals surface area (Å²) in [7, 11) is 0. The molecule has 1 aromatic heterocycles. The van der Waals surface area contributed by atoms with Gasteiger partial charge in [0.1, 0.15) is 0 Å². The Kier molecular flexibility index (Phi) is 5.56. The molecule has 1 aliphatic carbocycles. The Labute approximate surface area is 195 Å². The molecule has 1 fully saturated rings. The maximum atomic E-state index is 13.0. The Bertz CT molecular complexity index is 1280. The van der Waals surface area contributed by atoms with Crippen molar-refractivity contribution in [1.29, 1.82) is 0 Å². The van der Waals surface area contributed by atoms with E-state index < -0.39 is 0 Å². The highest BCUT2D eigenvalue weighted by molar-refractivity contribution is 7.13. The van der Waals surface area contributed by atoms with Gasteiger partial charge in [-0.05, 0) is 72.7 Å². The molecule has 5 rings (SSSR count). The largest absolute Gasteiger partial charge is 0.322 e. The lowest BCUT2D eigenvalue weighted by Gasteiger charge is -2.38. The number of rotatable bonds is 4. The van der Waals surface area contributed by atoms with Crippen LogP contribution < -0.4 is 15.8 Å². The average Bonchev–Trinajstić information content (AvgIpc) is 3.27. The number of thiophene rings is 1. The molecule has 2 N–H and O–H groups in total. The van der Waals surface area contributed by atoms with Crippen molar-refractivity contribution in [3.05, 3.63) is 83.3 Å². The summed E-state index contributed by atoms with van der Waals surface area (Å²) in [5.41, 5.74) is 6.51. The van der Waals surface area contributed by atoms with Gasteiger partial charge in [0.05, 0.1) is 17.5 Å². The van der Waals surface area contributed by atoms with E-state index in [0.717, 1.165) is 5.56 Å². The lowest BCUT2D eigenvalue weighted by atomic mass is 9.80. The van der Waals surface area contributed by atoms with Gasteiger partial charge in [0.2, 0.25) is 11.8 Å². The first-order valence-corrected chi connectivity index (χ1v) is 11.7. The van der Waals surface area contributed by atoms with Crippen molar-refractivity contribution < 1.29 is 14.4 Å². The lowest BCUT2D eigenvalue weighted by Crippen LogP contribution is -2.59. The molecule has 2 heterocycles. The molecule has 2 atom stereocenters. The molecule has 166 valence electrons. The van der Waals surface area contributed by atoms with Gasteiger partial charge in [0.25, 0.3) is 5.91 Å². The molecular weight excluding hydrogens is 434 g/mol. The molecule has 1 aliphatic heterocycles. The van der Waals surface area contributed by atoms with Crippen LogP contribution in [0.2, 0.25) is 0 Å². The van der Waals surface area contributed by atoms with Crippen molar-refractivity contribution in [2.45, 2.75) is 19.8 Å². The van der Waals surface area contributed by atoms with E-state index in [4.69, 9.17) is 0 Å². The number of aryl methyl sites for hydroxylation is 1. The minimum absolute atomic E-state index is 0.152. The molecule has 2 aliphatic rings. The number of fused-ring (bicyclic) bond motifs is 1. The predicted molar refractivity (Wildman–Crippen MR) is 130 cm³/mol. The number of nitrogens with one attached hydrogen (secondary N) is 2. The van der Waals surface area contributed by atoms with Crippen LogP contribution in [0.25, 0.3) is 10.4 Å². The Morgan fingerprint density at radius 1 is 1.03 bits per heavy atom. The molecule has 0 saturated carbocycles. The first-order valence-electron chi connectivity index (χ1n) is 10.9. The van der Waals surface area contributed by atoms with Crippen LogP contribution in [-0.4, -0.2) is 17.7 Å². The van der Waals surface area contributed by atoms with Gasteiger partial charge in [-0.2, -0.15) is 0 Å². The fourth-order valence-electron chi connectivity index (χ4n) is 4.38. The van der Waals surface area contributed by atoms with Crippen LogP contribution in [0.1, 0.15) is 28.8 Å². The van der Waals surface area contributed by atoms with Gasteiger partial charge >= 0.3 is 0 Å². The van der Waals surface area contributed by atoms with Crippen molar-refractivity contribution >= 4 is 40.4 Å². The molecular formula is C26H23N3O3S. The maximum absolute atomic E-state index is 13.0. The van der Waals surface area contributed by atoms with Gasteiger partial charge in [-0.1, -0.05) is 30.4 Å². The van der Waals surface area contributed by atoms with E-state index >= 15 is 0 Å². The van der Waals surface area contributed by atoms with E-state index in [1.54, 1.807) is 35.6 Å². The number of carbonyl (C=O) groups is 3. The Morgan fingerprint density at radius 2 is 1.82 bits per heavy atom. The van der Waals surface area contributed by atoms with Crippen molar-refractivity contribution in [2.24, 2.45) is 11.8 Å². The standard InChI is InChI=1S/C26H23N3O3S/c1-16-12-13-33-23(16)17-6-4-8-19(14-17)27-24(30)18-7-5-9-20(15-18)29-26(32)22-11-3-2-10-21(22)25(31)28-29/h2-9,12-15,21-22H,10-11H2,1H3,(H,27,30)(H,28,31). The summed E-state index contributed by atoms with van der Waals surface area (Å²) < 4.78 is 0. The second-order valence-corrected chi connectivity index (χ2v) is 9.24. The van der Waals surface area contributed by atoms with Crippen LogP contribution in [0, 0.1) is 18.8 Å². The number of hydrazine groups is 1. The van der Waals surface area contributed by atoms with Crippen LogP contribution in [-0.2, 0) is 9.59 Å². The summed E-state index contributed by atoms with van der Waals surface area (Å²) in [6.07, 6.45) is 5.02. The van der Waals surface area contributed by atoms with Gasteiger partial charge in [-0.15, -0.1) is 11.3 Å². The number of carbonyl (C=O) groups excluding carboxylic acids is 3. The highest BCUT2D eigenvalue weighted by atomic mass is 32.1. The number of amides is 3. The van der Waals surface area contributed by atoms with Crippen LogP contribution in [0.15, 0.2) is 72.1 Å². The zero-order chi connectivity index (χ0) is 22.9. The van der Waals surface area contributed by atoms with E-state index in [-0.39, 0.29) is 29.6 Å². The van der Waals surface area contributed by atoms with E-state index in [9.17, 15) is 14.4 Å². The zero-order valence-electron chi connectivity index (χ0n) is 18.1. The molecule has 33 heavy (non-hydrogen) atoms. The maximum Gasteiger partial charge on any atom is 0.255 e. The topological polar surface area (TPSA) is 78.5 Å². The fraction of sp³-hybridized carbons (Fsp3) is 0.192. The summed E-state index contributed by atoms with van der Waals surface area (Å²) in [6, 6.07) is 16.5.